The molecule has 1 aliphatic rings. The Morgan fingerprint density at radius 1 is 1.07 bits per heavy atom. The molecule has 1 aliphatic carbocycles. The van der Waals surface area contributed by atoms with Gasteiger partial charge in [0.15, 0.2) is 11.5 Å². The van der Waals surface area contributed by atoms with Crippen molar-refractivity contribution in [2.45, 2.75) is 32.3 Å². The summed E-state index contributed by atoms with van der Waals surface area (Å²) in [6.45, 7) is -2.72. The van der Waals surface area contributed by atoms with Crippen molar-refractivity contribution in [1.82, 2.24) is 16.0 Å². The van der Waals surface area contributed by atoms with Gasteiger partial charge in [0.05, 0.1) is 13.7 Å². The first-order chi connectivity index (χ1) is 13.9. The minimum Gasteiger partial charge on any atom is -0.493 e. The molecule has 0 spiro atoms. The molecule has 8 nitrogen and oxygen atoms in total. The second kappa shape index (κ2) is 11.2. The van der Waals surface area contributed by atoms with E-state index in [9.17, 15) is 23.2 Å². The summed E-state index contributed by atoms with van der Waals surface area (Å²) in [4.78, 5) is 35.8. The highest BCUT2D eigenvalue weighted by atomic mass is 19.3. The zero-order chi connectivity index (χ0) is 21.2. The molecule has 160 valence electrons. The van der Waals surface area contributed by atoms with Gasteiger partial charge in [-0.15, -0.1) is 0 Å². The molecule has 1 saturated carbocycles. The van der Waals surface area contributed by atoms with E-state index in [4.69, 9.17) is 4.74 Å². The molecule has 0 aliphatic heterocycles. The molecule has 0 aromatic heterocycles. The van der Waals surface area contributed by atoms with E-state index in [1.807, 2.05) is 0 Å². The van der Waals surface area contributed by atoms with Crippen molar-refractivity contribution in [2.75, 3.05) is 26.7 Å². The van der Waals surface area contributed by atoms with Gasteiger partial charge < -0.3 is 25.4 Å². The van der Waals surface area contributed by atoms with Crippen molar-refractivity contribution in [3.8, 4) is 11.5 Å². The maximum atomic E-state index is 12.3. The smallest absolute Gasteiger partial charge is 0.387 e. The third-order valence-electron chi connectivity index (χ3n) is 4.52. The molecule has 1 aromatic carbocycles. The van der Waals surface area contributed by atoms with Crippen LogP contribution < -0.4 is 25.4 Å². The summed E-state index contributed by atoms with van der Waals surface area (Å²) in [6, 6.07) is 3.71. The monoisotopic (exact) mass is 413 g/mol. The van der Waals surface area contributed by atoms with Gasteiger partial charge in [-0.2, -0.15) is 8.78 Å². The number of nitrogens with one attached hydrogen (secondary N) is 3. The van der Waals surface area contributed by atoms with Gasteiger partial charge in [0, 0.05) is 24.6 Å². The number of alkyl halides is 2. The molecule has 1 aromatic rings. The second-order valence-electron chi connectivity index (χ2n) is 6.55. The Hall–Kier alpha value is -2.91. The number of carbonyl (C=O) groups is 3. The lowest BCUT2D eigenvalue weighted by Gasteiger charge is -2.12. The van der Waals surface area contributed by atoms with Crippen LogP contribution in [-0.2, 0) is 9.59 Å². The van der Waals surface area contributed by atoms with Crippen LogP contribution in [0.5, 0.6) is 11.5 Å². The van der Waals surface area contributed by atoms with Crippen LogP contribution in [0.2, 0.25) is 0 Å². The highest BCUT2D eigenvalue weighted by Gasteiger charge is 2.22. The topological polar surface area (TPSA) is 106 Å². The number of hydrogen-bond donors (Lipinski definition) is 3. The largest absolute Gasteiger partial charge is 0.493 e. The number of ether oxygens (including phenoxy) is 2. The molecular weight excluding hydrogens is 388 g/mol. The molecule has 1 fully saturated rings. The van der Waals surface area contributed by atoms with Gasteiger partial charge >= 0.3 is 6.61 Å². The Balaban J connectivity index is 1.71. The number of benzene rings is 1. The molecular formula is C19H25F2N3O5. The van der Waals surface area contributed by atoms with E-state index in [-0.39, 0.29) is 42.0 Å². The van der Waals surface area contributed by atoms with E-state index < -0.39 is 18.4 Å². The number of rotatable bonds is 10. The summed E-state index contributed by atoms with van der Waals surface area (Å²) in [5, 5.41) is 7.80. The summed E-state index contributed by atoms with van der Waals surface area (Å²) in [5.41, 5.74) is 0.125. The minimum atomic E-state index is -3.02. The number of halogens is 2. The third kappa shape index (κ3) is 7.20. The SMILES string of the molecule is COc1cc(C(=O)NCC(=O)NCCNC(=O)C2CCCC2)ccc1OC(F)F. The van der Waals surface area contributed by atoms with Crippen LogP contribution in [0.4, 0.5) is 8.78 Å². The maximum Gasteiger partial charge on any atom is 0.387 e. The zero-order valence-electron chi connectivity index (χ0n) is 16.1. The van der Waals surface area contributed by atoms with Crippen molar-refractivity contribution in [2.24, 2.45) is 5.92 Å². The molecule has 0 saturated heterocycles. The third-order valence-corrected chi connectivity index (χ3v) is 4.52. The van der Waals surface area contributed by atoms with Crippen molar-refractivity contribution in [3.63, 3.8) is 0 Å². The lowest BCUT2D eigenvalue weighted by atomic mass is 10.1. The van der Waals surface area contributed by atoms with Gasteiger partial charge in [-0.3, -0.25) is 14.4 Å². The Kier molecular flexibility index (Phi) is 8.63. The summed E-state index contributed by atoms with van der Waals surface area (Å²) >= 11 is 0. The molecule has 29 heavy (non-hydrogen) atoms. The molecule has 10 heteroatoms. The Morgan fingerprint density at radius 2 is 1.76 bits per heavy atom. The fourth-order valence-corrected chi connectivity index (χ4v) is 3.05. The zero-order valence-corrected chi connectivity index (χ0v) is 16.1. The molecule has 0 unspecified atom stereocenters. The fraction of sp³-hybridized carbons (Fsp3) is 0.526. The molecule has 0 heterocycles. The van der Waals surface area contributed by atoms with Gasteiger partial charge in [0.1, 0.15) is 0 Å². The molecule has 0 bridgehead atoms. The Bertz CT molecular complexity index is 724. The van der Waals surface area contributed by atoms with E-state index in [1.54, 1.807) is 0 Å². The highest BCUT2D eigenvalue weighted by Crippen LogP contribution is 2.29. The standard InChI is InChI=1S/C19H25F2N3O5/c1-28-15-10-13(6-7-14(15)29-19(20)21)18(27)24-11-16(25)22-8-9-23-17(26)12-4-2-3-5-12/h6-7,10,12,19H,2-5,8-9,11H2,1H3,(H,22,25)(H,23,26)(H,24,27). The lowest BCUT2D eigenvalue weighted by Crippen LogP contribution is -2.41. The first kappa shape index (κ1) is 22.4. The van der Waals surface area contributed by atoms with Crippen LogP contribution >= 0.6 is 0 Å². The van der Waals surface area contributed by atoms with Crippen LogP contribution in [0, 0.1) is 5.92 Å². The van der Waals surface area contributed by atoms with Crippen molar-refractivity contribution in [1.29, 1.82) is 0 Å². The summed E-state index contributed by atoms with van der Waals surface area (Å²) in [6.07, 6.45) is 3.96. The van der Waals surface area contributed by atoms with Gasteiger partial charge in [0.2, 0.25) is 11.8 Å². The van der Waals surface area contributed by atoms with Gasteiger partial charge in [-0.1, -0.05) is 12.8 Å². The predicted molar refractivity (Wildman–Crippen MR) is 99.9 cm³/mol. The normalized spacial score (nSPS) is 13.8. The Morgan fingerprint density at radius 3 is 2.41 bits per heavy atom. The number of methoxy groups -OCH3 is 1. The number of hydrogen-bond acceptors (Lipinski definition) is 5. The highest BCUT2D eigenvalue weighted by molar-refractivity contribution is 5.97. The van der Waals surface area contributed by atoms with Crippen molar-refractivity contribution in [3.05, 3.63) is 23.8 Å². The predicted octanol–water partition coefficient (Wildman–Crippen LogP) is 1.45. The van der Waals surface area contributed by atoms with E-state index in [0.717, 1.165) is 25.7 Å². The summed E-state index contributed by atoms with van der Waals surface area (Å²) < 4.78 is 33.9. The quantitative estimate of drug-likeness (QED) is 0.504. The maximum absolute atomic E-state index is 12.3. The Labute approximate surface area is 167 Å². The average Bonchev–Trinajstić information content (AvgIpc) is 3.24. The van der Waals surface area contributed by atoms with E-state index in [2.05, 4.69) is 20.7 Å². The van der Waals surface area contributed by atoms with Crippen molar-refractivity contribution < 1.29 is 32.6 Å². The van der Waals surface area contributed by atoms with Crippen LogP contribution in [-0.4, -0.2) is 51.1 Å². The van der Waals surface area contributed by atoms with Crippen LogP contribution in [0.15, 0.2) is 18.2 Å². The van der Waals surface area contributed by atoms with Crippen LogP contribution in [0.25, 0.3) is 0 Å². The van der Waals surface area contributed by atoms with Crippen molar-refractivity contribution >= 4 is 17.7 Å². The van der Waals surface area contributed by atoms with Gasteiger partial charge in [-0.25, -0.2) is 0 Å². The van der Waals surface area contributed by atoms with Crippen LogP contribution in [0.3, 0.4) is 0 Å². The first-order valence-corrected chi connectivity index (χ1v) is 9.36. The van der Waals surface area contributed by atoms with Gasteiger partial charge in [0.25, 0.3) is 5.91 Å². The molecule has 0 atom stereocenters. The van der Waals surface area contributed by atoms with E-state index in [1.165, 1.54) is 25.3 Å². The second-order valence-corrected chi connectivity index (χ2v) is 6.55. The fourth-order valence-electron chi connectivity index (χ4n) is 3.05. The van der Waals surface area contributed by atoms with Gasteiger partial charge in [-0.05, 0) is 31.0 Å². The molecule has 3 N–H and O–H groups in total. The molecule has 3 amide bonds. The van der Waals surface area contributed by atoms with Crippen LogP contribution in [0.1, 0.15) is 36.0 Å². The summed E-state index contributed by atoms with van der Waals surface area (Å²) in [5.74, 6) is -1.13. The average molecular weight is 413 g/mol. The van der Waals surface area contributed by atoms with E-state index in [0.29, 0.717) is 6.54 Å². The lowest BCUT2D eigenvalue weighted by molar-refractivity contribution is -0.125. The minimum absolute atomic E-state index is 0.0123. The molecule has 2 rings (SSSR count). The molecule has 0 radical (unpaired) electrons. The number of amides is 3. The number of carbonyl (C=O) groups excluding carboxylic acids is 3. The van der Waals surface area contributed by atoms with E-state index >= 15 is 0 Å². The summed E-state index contributed by atoms with van der Waals surface area (Å²) in [7, 11) is 1.26. The first-order valence-electron chi connectivity index (χ1n) is 9.36.